The van der Waals surface area contributed by atoms with Crippen molar-refractivity contribution in [2.75, 3.05) is 6.54 Å². The van der Waals surface area contributed by atoms with Crippen molar-refractivity contribution >= 4 is 5.69 Å². The third-order valence-electron chi connectivity index (χ3n) is 3.40. The number of nitro groups is 1. The van der Waals surface area contributed by atoms with Crippen LogP contribution in [0.3, 0.4) is 0 Å². The van der Waals surface area contributed by atoms with Crippen LogP contribution >= 0.6 is 0 Å². The van der Waals surface area contributed by atoms with Crippen LogP contribution in [0, 0.1) is 17.0 Å². The van der Waals surface area contributed by atoms with E-state index in [1.54, 1.807) is 12.1 Å². The maximum Gasteiger partial charge on any atom is 0.269 e. The number of nitro benzene ring substituents is 1. The number of nitrogens with zero attached hydrogens (tertiary/aromatic N) is 3. The van der Waals surface area contributed by atoms with Crippen molar-refractivity contribution in [2.24, 2.45) is 0 Å². The fraction of sp³-hybridized carbons (Fsp3) is 0.286. The molecule has 0 saturated heterocycles. The second-order valence-corrected chi connectivity index (χ2v) is 4.78. The summed E-state index contributed by atoms with van der Waals surface area (Å²) in [6.07, 6.45) is 0.888. The lowest BCUT2D eigenvalue weighted by Gasteiger charge is -2.19. The van der Waals surface area contributed by atoms with Crippen LogP contribution in [0.15, 0.2) is 24.3 Å². The highest BCUT2D eigenvalue weighted by atomic mass is 16.6. The highest BCUT2D eigenvalue weighted by Gasteiger charge is 2.18. The van der Waals surface area contributed by atoms with Crippen molar-refractivity contribution in [1.82, 2.24) is 15.3 Å². The van der Waals surface area contributed by atoms with E-state index in [0.29, 0.717) is 0 Å². The lowest BCUT2D eigenvalue weighted by atomic mass is 10.00. The first kappa shape index (κ1) is 12.7. The third-order valence-corrected chi connectivity index (χ3v) is 3.40. The summed E-state index contributed by atoms with van der Waals surface area (Å²) in [6.45, 7) is 3.53. The molecular formula is C14H14N4O2. The summed E-state index contributed by atoms with van der Waals surface area (Å²) in [5, 5.41) is 14.0. The van der Waals surface area contributed by atoms with Crippen LogP contribution in [0.2, 0.25) is 0 Å². The first-order chi connectivity index (χ1) is 9.65. The zero-order valence-corrected chi connectivity index (χ0v) is 11.1. The molecule has 0 spiro atoms. The van der Waals surface area contributed by atoms with Gasteiger partial charge in [-0.1, -0.05) is 0 Å². The van der Waals surface area contributed by atoms with E-state index >= 15 is 0 Å². The zero-order chi connectivity index (χ0) is 14.1. The number of nitrogens with one attached hydrogen (secondary N) is 1. The summed E-state index contributed by atoms with van der Waals surface area (Å²) >= 11 is 0. The number of hydrogen-bond donors (Lipinski definition) is 1. The second-order valence-electron chi connectivity index (χ2n) is 4.78. The number of benzene rings is 1. The number of aryl methyl sites for hydroxylation is 1. The van der Waals surface area contributed by atoms with E-state index in [0.717, 1.165) is 47.8 Å². The average molecular weight is 270 g/mol. The number of aromatic nitrogens is 2. The van der Waals surface area contributed by atoms with Crippen molar-refractivity contribution in [2.45, 2.75) is 19.9 Å². The second kappa shape index (κ2) is 4.97. The van der Waals surface area contributed by atoms with E-state index < -0.39 is 4.92 Å². The van der Waals surface area contributed by atoms with Gasteiger partial charge in [-0.3, -0.25) is 10.1 Å². The quantitative estimate of drug-likeness (QED) is 0.667. The molecule has 2 aromatic rings. The molecule has 0 amide bonds. The van der Waals surface area contributed by atoms with E-state index in [2.05, 4.69) is 15.3 Å². The van der Waals surface area contributed by atoms with Crippen molar-refractivity contribution in [1.29, 1.82) is 0 Å². The Labute approximate surface area is 116 Å². The van der Waals surface area contributed by atoms with Gasteiger partial charge in [0.25, 0.3) is 5.69 Å². The minimum absolute atomic E-state index is 0.0894. The van der Waals surface area contributed by atoms with Gasteiger partial charge in [0.1, 0.15) is 5.82 Å². The highest BCUT2D eigenvalue weighted by molar-refractivity contribution is 5.65. The Kier molecular flexibility index (Phi) is 3.15. The van der Waals surface area contributed by atoms with Crippen LogP contribution in [0.1, 0.15) is 17.1 Å². The average Bonchev–Trinajstić information content (AvgIpc) is 2.46. The number of hydrogen-bond acceptors (Lipinski definition) is 5. The fourth-order valence-corrected chi connectivity index (χ4v) is 2.45. The predicted molar refractivity (Wildman–Crippen MR) is 74.3 cm³/mol. The van der Waals surface area contributed by atoms with E-state index in [1.165, 1.54) is 12.1 Å². The Morgan fingerprint density at radius 3 is 2.70 bits per heavy atom. The molecule has 0 atom stereocenters. The molecule has 0 saturated carbocycles. The molecule has 2 heterocycles. The largest absolute Gasteiger partial charge is 0.312 e. The van der Waals surface area contributed by atoms with Gasteiger partial charge in [0.15, 0.2) is 0 Å². The molecule has 1 aromatic carbocycles. The van der Waals surface area contributed by atoms with Gasteiger partial charge in [0, 0.05) is 42.8 Å². The van der Waals surface area contributed by atoms with Crippen molar-refractivity contribution in [3.05, 3.63) is 51.5 Å². The Morgan fingerprint density at radius 1 is 1.25 bits per heavy atom. The number of non-ortho nitro benzene ring substituents is 1. The van der Waals surface area contributed by atoms with Crippen LogP contribution in [0.25, 0.3) is 11.3 Å². The smallest absolute Gasteiger partial charge is 0.269 e. The molecule has 6 heteroatoms. The standard InChI is InChI=1S/C14H14N4O2/c1-9-16-13-6-7-15-8-12(13)14(17-9)10-2-4-11(5-3-10)18(19)20/h2-5,15H,6-8H2,1H3. The first-order valence-electron chi connectivity index (χ1n) is 6.47. The topological polar surface area (TPSA) is 81.0 Å². The van der Waals surface area contributed by atoms with E-state index in [-0.39, 0.29) is 5.69 Å². The molecule has 102 valence electrons. The van der Waals surface area contributed by atoms with Crippen molar-refractivity contribution in [3.63, 3.8) is 0 Å². The maximum atomic E-state index is 10.7. The normalized spacial score (nSPS) is 13.8. The lowest BCUT2D eigenvalue weighted by molar-refractivity contribution is -0.384. The Balaban J connectivity index is 2.09. The SMILES string of the molecule is Cc1nc2c(c(-c3ccc([N+](=O)[O-])cc3)n1)CNCC2. The minimum Gasteiger partial charge on any atom is -0.312 e. The van der Waals surface area contributed by atoms with Gasteiger partial charge in [-0.05, 0) is 19.1 Å². The molecule has 1 aliphatic heterocycles. The van der Waals surface area contributed by atoms with Crippen molar-refractivity contribution in [3.8, 4) is 11.3 Å². The van der Waals surface area contributed by atoms with Gasteiger partial charge >= 0.3 is 0 Å². The van der Waals surface area contributed by atoms with E-state index in [4.69, 9.17) is 0 Å². The number of fused-ring (bicyclic) bond motifs is 1. The summed E-state index contributed by atoms with van der Waals surface area (Å²) < 4.78 is 0. The Morgan fingerprint density at radius 2 is 2.00 bits per heavy atom. The molecule has 20 heavy (non-hydrogen) atoms. The summed E-state index contributed by atoms with van der Waals surface area (Å²) in [6, 6.07) is 6.51. The van der Waals surface area contributed by atoms with Crippen LogP contribution in [-0.4, -0.2) is 21.4 Å². The Hall–Kier alpha value is -2.34. The van der Waals surface area contributed by atoms with Gasteiger partial charge in [-0.15, -0.1) is 0 Å². The highest BCUT2D eigenvalue weighted by Crippen LogP contribution is 2.27. The maximum absolute atomic E-state index is 10.7. The molecule has 0 aliphatic carbocycles. The van der Waals surface area contributed by atoms with Gasteiger partial charge < -0.3 is 5.32 Å². The molecule has 0 unspecified atom stereocenters. The monoisotopic (exact) mass is 270 g/mol. The number of rotatable bonds is 2. The third kappa shape index (κ3) is 2.25. The van der Waals surface area contributed by atoms with Gasteiger partial charge in [-0.2, -0.15) is 0 Å². The molecular weight excluding hydrogens is 256 g/mol. The van der Waals surface area contributed by atoms with Crippen molar-refractivity contribution < 1.29 is 4.92 Å². The molecule has 1 aromatic heterocycles. The summed E-state index contributed by atoms with van der Waals surface area (Å²) in [4.78, 5) is 19.3. The summed E-state index contributed by atoms with van der Waals surface area (Å²) in [5.74, 6) is 0.735. The molecule has 6 nitrogen and oxygen atoms in total. The molecule has 0 radical (unpaired) electrons. The Bertz CT molecular complexity index is 668. The van der Waals surface area contributed by atoms with E-state index in [1.807, 2.05) is 6.92 Å². The summed E-state index contributed by atoms with van der Waals surface area (Å²) in [7, 11) is 0. The van der Waals surface area contributed by atoms with Crippen LogP contribution in [0.5, 0.6) is 0 Å². The van der Waals surface area contributed by atoms with Gasteiger partial charge in [0.2, 0.25) is 0 Å². The molecule has 0 fully saturated rings. The molecule has 1 N–H and O–H groups in total. The predicted octanol–water partition coefficient (Wildman–Crippen LogP) is 2.01. The molecule has 1 aliphatic rings. The van der Waals surface area contributed by atoms with Crippen LogP contribution < -0.4 is 5.32 Å². The minimum atomic E-state index is -0.397. The van der Waals surface area contributed by atoms with Gasteiger partial charge in [-0.25, -0.2) is 9.97 Å². The molecule has 3 rings (SSSR count). The van der Waals surface area contributed by atoms with E-state index in [9.17, 15) is 10.1 Å². The van der Waals surface area contributed by atoms with Gasteiger partial charge in [0.05, 0.1) is 16.3 Å². The first-order valence-corrected chi connectivity index (χ1v) is 6.47. The lowest BCUT2D eigenvalue weighted by Crippen LogP contribution is -2.26. The molecule has 0 bridgehead atoms. The van der Waals surface area contributed by atoms with Crippen LogP contribution in [0.4, 0.5) is 5.69 Å². The van der Waals surface area contributed by atoms with Crippen LogP contribution in [-0.2, 0) is 13.0 Å². The summed E-state index contributed by atoms with van der Waals surface area (Å²) in [5.41, 5.74) is 4.02. The zero-order valence-electron chi connectivity index (χ0n) is 11.1. The fourth-order valence-electron chi connectivity index (χ4n) is 2.45.